The van der Waals surface area contributed by atoms with Gasteiger partial charge in [0, 0.05) is 19.6 Å². The summed E-state index contributed by atoms with van der Waals surface area (Å²) in [6.45, 7) is 2.61. The van der Waals surface area contributed by atoms with Gasteiger partial charge in [0.05, 0.1) is 6.20 Å². The van der Waals surface area contributed by atoms with E-state index in [0.717, 1.165) is 13.1 Å². The first-order valence-electron chi connectivity index (χ1n) is 6.70. The molecule has 6 heteroatoms. The van der Waals surface area contributed by atoms with Gasteiger partial charge in [0.25, 0.3) is 0 Å². The number of rotatable bonds is 3. The number of carboxylic acids is 1. The molecule has 1 N–H and O–H groups in total. The van der Waals surface area contributed by atoms with Crippen LogP contribution in [0.5, 0.6) is 5.88 Å². The second-order valence-corrected chi connectivity index (χ2v) is 4.86. The number of aromatic carboxylic acids is 1. The number of benzene rings is 1. The van der Waals surface area contributed by atoms with E-state index >= 15 is 0 Å². The van der Waals surface area contributed by atoms with Crippen LogP contribution in [0.3, 0.4) is 0 Å². The minimum atomic E-state index is -1.10. The van der Waals surface area contributed by atoms with Gasteiger partial charge in [-0.3, -0.25) is 9.88 Å². The van der Waals surface area contributed by atoms with E-state index in [0.29, 0.717) is 24.7 Å². The van der Waals surface area contributed by atoms with Crippen LogP contribution in [0, 0.1) is 0 Å². The third kappa shape index (κ3) is 3.17. The summed E-state index contributed by atoms with van der Waals surface area (Å²) in [5, 5.41) is 8.94. The van der Waals surface area contributed by atoms with Gasteiger partial charge in [-0.1, -0.05) is 30.3 Å². The van der Waals surface area contributed by atoms with Crippen molar-refractivity contribution in [2.75, 3.05) is 13.2 Å². The highest BCUT2D eigenvalue weighted by atomic mass is 16.5. The second-order valence-electron chi connectivity index (χ2n) is 4.86. The summed E-state index contributed by atoms with van der Waals surface area (Å²) in [6, 6.07) is 10.2. The molecule has 6 nitrogen and oxygen atoms in total. The van der Waals surface area contributed by atoms with Crippen LogP contribution in [0.25, 0.3) is 0 Å². The average Bonchev–Trinajstić information content (AvgIpc) is 2.69. The zero-order valence-corrected chi connectivity index (χ0v) is 11.4. The minimum Gasteiger partial charge on any atom is -0.476 e. The Morgan fingerprint density at radius 1 is 1.33 bits per heavy atom. The van der Waals surface area contributed by atoms with Crippen molar-refractivity contribution >= 4 is 5.97 Å². The van der Waals surface area contributed by atoms with Crippen molar-refractivity contribution in [1.29, 1.82) is 0 Å². The minimum absolute atomic E-state index is 0.0924. The molecule has 2 aromatic rings. The number of nitrogens with zero attached hydrogens (tertiary/aromatic N) is 3. The molecular weight excluding hydrogens is 270 g/mol. The highest BCUT2D eigenvalue weighted by Gasteiger charge is 2.19. The van der Waals surface area contributed by atoms with Crippen LogP contribution in [0.1, 0.15) is 21.7 Å². The summed E-state index contributed by atoms with van der Waals surface area (Å²) < 4.78 is 5.53. The van der Waals surface area contributed by atoms with Gasteiger partial charge in [0.1, 0.15) is 12.3 Å². The number of fused-ring (bicyclic) bond motifs is 1. The number of aromatic nitrogens is 2. The Morgan fingerprint density at radius 2 is 2.14 bits per heavy atom. The number of ether oxygens (including phenoxy) is 1. The van der Waals surface area contributed by atoms with Gasteiger partial charge in [-0.25, -0.2) is 9.78 Å². The van der Waals surface area contributed by atoms with Gasteiger partial charge in [-0.05, 0) is 5.56 Å². The maximum Gasteiger partial charge on any atom is 0.356 e. The SMILES string of the molecule is O=C(O)c1cnc2c(n1)OCCN(Cc1ccccc1)C2. The second kappa shape index (κ2) is 5.88. The van der Waals surface area contributed by atoms with Crippen LogP contribution in [-0.2, 0) is 13.1 Å². The topological polar surface area (TPSA) is 75.5 Å². The molecule has 1 aliphatic heterocycles. The molecule has 0 saturated heterocycles. The van der Waals surface area contributed by atoms with E-state index in [1.54, 1.807) is 0 Å². The number of hydrogen-bond acceptors (Lipinski definition) is 5. The van der Waals surface area contributed by atoms with Gasteiger partial charge in [0.2, 0.25) is 5.88 Å². The summed E-state index contributed by atoms with van der Waals surface area (Å²) in [5.74, 6) is -0.773. The molecule has 2 heterocycles. The van der Waals surface area contributed by atoms with E-state index in [-0.39, 0.29) is 5.69 Å². The maximum atomic E-state index is 10.9. The molecule has 0 spiro atoms. The fourth-order valence-corrected chi connectivity index (χ4v) is 2.26. The van der Waals surface area contributed by atoms with Gasteiger partial charge >= 0.3 is 5.97 Å². The molecule has 108 valence electrons. The van der Waals surface area contributed by atoms with E-state index in [9.17, 15) is 4.79 Å². The molecule has 0 radical (unpaired) electrons. The quantitative estimate of drug-likeness (QED) is 0.922. The normalized spacial score (nSPS) is 14.9. The first-order valence-corrected chi connectivity index (χ1v) is 6.70. The van der Waals surface area contributed by atoms with Crippen LogP contribution in [0.4, 0.5) is 0 Å². The van der Waals surface area contributed by atoms with Crippen molar-refractivity contribution in [1.82, 2.24) is 14.9 Å². The lowest BCUT2D eigenvalue weighted by atomic mass is 10.2. The van der Waals surface area contributed by atoms with Crippen LogP contribution >= 0.6 is 0 Å². The molecule has 0 atom stereocenters. The van der Waals surface area contributed by atoms with Crippen molar-refractivity contribution in [3.63, 3.8) is 0 Å². The van der Waals surface area contributed by atoms with Crippen molar-refractivity contribution in [3.05, 3.63) is 53.5 Å². The van der Waals surface area contributed by atoms with Crippen LogP contribution in [0.15, 0.2) is 36.5 Å². The van der Waals surface area contributed by atoms with Crippen LogP contribution in [-0.4, -0.2) is 39.1 Å². The zero-order valence-electron chi connectivity index (χ0n) is 11.4. The number of carbonyl (C=O) groups is 1. The summed E-state index contributed by atoms with van der Waals surface area (Å²) in [5.41, 5.74) is 1.80. The average molecular weight is 285 g/mol. The standard InChI is InChI=1S/C15H15N3O3/c19-15(20)12-8-16-13-10-18(6-7-21-14(13)17-12)9-11-4-2-1-3-5-11/h1-5,8H,6-7,9-10H2,(H,19,20). The van der Waals surface area contributed by atoms with Crippen molar-refractivity contribution in [3.8, 4) is 5.88 Å². The van der Waals surface area contributed by atoms with E-state index in [1.165, 1.54) is 11.8 Å². The molecule has 3 rings (SSSR count). The van der Waals surface area contributed by atoms with Crippen molar-refractivity contribution in [2.45, 2.75) is 13.1 Å². The van der Waals surface area contributed by atoms with E-state index in [4.69, 9.17) is 9.84 Å². The van der Waals surface area contributed by atoms with Crippen LogP contribution in [0.2, 0.25) is 0 Å². The lowest BCUT2D eigenvalue weighted by Gasteiger charge is -2.18. The van der Waals surface area contributed by atoms with Gasteiger partial charge in [0.15, 0.2) is 5.69 Å². The Kier molecular flexibility index (Phi) is 3.79. The first-order chi connectivity index (χ1) is 10.2. The van der Waals surface area contributed by atoms with Gasteiger partial charge < -0.3 is 9.84 Å². The number of carboxylic acid groups (broad SMARTS) is 1. The summed E-state index contributed by atoms with van der Waals surface area (Å²) in [7, 11) is 0. The molecule has 0 bridgehead atoms. The number of hydrogen-bond donors (Lipinski definition) is 1. The third-order valence-corrected chi connectivity index (χ3v) is 3.30. The van der Waals surface area contributed by atoms with Crippen molar-refractivity contribution < 1.29 is 14.6 Å². The lowest BCUT2D eigenvalue weighted by Crippen LogP contribution is -2.25. The lowest BCUT2D eigenvalue weighted by molar-refractivity contribution is 0.0688. The Morgan fingerprint density at radius 3 is 2.90 bits per heavy atom. The van der Waals surface area contributed by atoms with Crippen LogP contribution < -0.4 is 4.74 Å². The molecule has 1 aromatic heterocycles. The molecule has 0 aliphatic carbocycles. The molecule has 0 amide bonds. The highest BCUT2D eigenvalue weighted by molar-refractivity contribution is 5.85. The molecule has 0 saturated carbocycles. The Labute approximate surface area is 122 Å². The fourth-order valence-electron chi connectivity index (χ4n) is 2.26. The largest absolute Gasteiger partial charge is 0.476 e. The molecule has 21 heavy (non-hydrogen) atoms. The summed E-state index contributed by atoms with van der Waals surface area (Å²) in [4.78, 5) is 21.3. The predicted molar refractivity (Wildman–Crippen MR) is 75.0 cm³/mol. The van der Waals surface area contributed by atoms with Crippen molar-refractivity contribution in [2.24, 2.45) is 0 Å². The highest BCUT2D eigenvalue weighted by Crippen LogP contribution is 2.20. The predicted octanol–water partition coefficient (Wildman–Crippen LogP) is 1.57. The molecular formula is C15H15N3O3. The maximum absolute atomic E-state index is 10.9. The zero-order chi connectivity index (χ0) is 14.7. The van der Waals surface area contributed by atoms with Gasteiger partial charge in [-0.15, -0.1) is 0 Å². The first kappa shape index (κ1) is 13.5. The monoisotopic (exact) mass is 285 g/mol. The molecule has 1 aromatic carbocycles. The summed E-state index contributed by atoms with van der Waals surface area (Å²) in [6.07, 6.45) is 1.27. The van der Waals surface area contributed by atoms with E-state index in [2.05, 4.69) is 27.0 Å². The molecule has 0 fully saturated rings. The smallest absolute Gasteiger partial charge is 0.356 e. The van der Waals surface area contributed by atoms with E-state index in [1.807, 2.05) is 18.2 Å². The van der Waals surface area contributed by atoms with E-state index < -0.39 is 5.97 Å². The van der Waals surface area contributed by atoms with Gasteiger partial charge in [-0.2, -0.15) is 0 Å². The third-order valence-electron chi connectivity index (χ3n) is 3.30. The summed E-state index contributed by atoms with van der Waals surface area (Å²) >= 11 is 0. The molecule has 0 unspecified atom stereocenters. The molecule has 1 aliphatic rings. The fraction of sp³-hybridized carbons (Fsp3) is 0.267. The Hall–Kier alpha value is -2.47. The Balaban J connectivity index is 1.78. The Bertz CT molecular complexity index is 646.